The summed E-state index contributed by atoms with van der Waals surface area (Å²) in [7, 11) is 0. The first kappa shape index (κ1) is 23.8. The maximum atomic E-state index is 12.8. The van der Waals surface area contributed by atoms with E-state index in [1.165, 1.54) is 4.88 Å². The van der Waals surface area contributed by atoms with Gasteiger partial charge in [0.2, 0.25) is 0 Å². The van der Waals surface area contributed by atoms with Gasteiger partial charge in [-0.1, -0.05) is 5.21 Å². The van der Waals surface area contributed by atoms with Crippen LogP contribution in [0.25, 0.3) is 0 Å². The van der Waals surface area contributed by atoms with Crippen molar-refractivity contribution in [2.24, 2.45) is 0 Å². The number of rotatable bonds is 4. The molecule has 0 spiro atoms. The predicted octanol–water partition coefficient (Wildman–Crippen LogP) is 3.09. The fourth-order valence-corrected chi connectivity index (χ4v) is 4.06. The summed E-state index contributed by atoms with van der Waals surface area (Å²) in [4.78, 5) is 18.5. The lowest BCUT2D eigenvalue weighted by atomic mass is 10.1. The second-order valence-corrected chi connectivity index (χ2v) is 8.39. The Morgan fingerprint density at radius 2 is 1.85 bits per heavy atom. The van der Waals surface area contributed by atoms with Crippen molar-refractivity contribution in [2.45, 2.75) is 59.0 Å². The highest BCUT2D eigenvalue weighted by atomic mass is 35.5. The Balaban J connectivity index is 0.00000182. The summed E-state index contributed by atoms with van der Waals surface area (Å²) in [5, 5.41) is 15.7. The van der Waals surface area contributed by atoms with Crippen molar-refractivity contribution in [3.63, 3.8) is 0 Å². The molecule has 2 aromatic heterocycles. The first-order valence-electron chi connectivity index (χ1n) is 8.69. The fraction of sp³-hybridized carbons (Fsp3) is 0.647. The number of nitrogens with one attached hydrogen (secondary N) is 2. The molecule has 0 bridgehead atoms. The SMILES string of the molecule is Cc1nc(C(C)(C)NC(=O)c2nnn(C3CCNCC3)c2C)sc1C.Cl.Cl. The maximum Gasteiger partial charge on any atom is 0.274 e. The Kier molecular flexibility index (Phi) is 8.22. The standard InChI is InChI=1S/C17H26N6OS.2ClH/c1-10-12(3)25-16(19-10)17(4,5)20-15(24)14-11(2)23(22-21-14)13-6-8-18-9-7-13;;/h13,18H,6-9H2,1-5H3,(H,20,24);2*1H. The number of aromatic nitrogens is 4. The summed E-state index contributed by atoms with van der Waals surface area (Å²) >= 11 is 1.62. The van der Waals surface area contributed by atoms with Crippen molar-refractivity contribution in [1.82, 2.24) is 30.6 Å². The number of nitrogens with zero attached hydrogens (tertiary/aromatic N) is 4. The summed E-state index contributed by atoms with van der Waals surface area (Å²) in [6.45, 7) is 11.8. The molecule has 3 heterocycles. The van der Waals surface area contributed by atoms with Crippen LogP contribution in [-0.2, 0) is 5.54 Å². The lowest BCUT2D eigenvalue weighted by Crippen LogP contribution is -2.41. The third kappa shape index (κ3) is 4.99. The highest BCUT2D eigenvalue weighted by molar-refractivity contribution is 7.11. The molecule has 2 aromatic rings. The van der Waals surface area contributed by atoms with Gasteiger partial charge in [-0.2, -0.15) is 0 Å². The van der Waals surface area contributed by atoms with Crippen molar-refractivity contribution in [2.75, 3.05) is 13.1 Å². The number of amides is 1. The Labute approximate surface area is 176 Å². The minimum Gasteiger partial charge on any atom is -0.339 e. The summed E-state index contributed by atoms with van der Waals surface area (Å²) in [6, 6.07) is 0.313. The average Bonchev–Trinajstić information content (AvgIpc) is 3.11. The van der Waals surface area contributed by atoms with Crippen molar-refractivity contribution in [3.8, 4) is 0 Å². The van der Waals surface area contributed by atoms with Crippen molar-refractivity contribution in [3.05, 3.63) is 27.0 Å². The molecule has 0 radical (unpaired) electrons. The second kappa shape index (κ2) is 9.32. The Morgan fingerprint density at radius 3 is 2.41 bits per heavy atom. The molecule has 0 saturated carbocycles. The van der Waals surface area contributed by atoms with Gasteiger partial charge in [-0.3, -0.25) is 4.79 Å². The van der Waals surface area contributed by atoms with E-state index in [9.17, 15) is 4.79 Å². The van der Waals surface area contributed by atoms with Crippen molar-refractivity contribution in [1.29, 1.82) is 0 Å². The van der Waals surface area contributed by atoms with Crippen LogP contribution in [0.5, 0.6) is 0 Å². The Morgan fingerprint density at radius 1 is 1.22 bits per heavy atom. The zero-order valence-corrected chi connectivity index (χ0v) is 18.8. The largest absolute Gasteiger partial charge is 0.339 e. The lowest BCUT2D eigenvalue weighted by Gasteiger charge is -2.24. The van der Waals surface area contributed by atoms with E-state index < -0.39 is 5.54 Å². The van der Waals surface area contributed by atoms with Crippen LogP contribution in [0, 0.1) is 20.8 Å². The van der Waals surface area contributed by atoms with Gasteiger partial charge in [0.05, 0.1) is 23.0 Å². The number of piperidine rings is 1. The number of carbonyl (C=O) groups is 1. The molecule has 1 amide bonds. The molecule has 27 heavy (non-hydrogen) atoms. The highest BCUT2D eigenvalue weighted by Crippen LogP contribution is 2.28. The number of thiazole rings is 1. The van der Waals surface area contributed by atoms with Gasteiger partial charge in [-0.25, -0.2) is 9.67 Å². The van der Waals surface area contributed by atoms with E-state index in [-0.39, 0.29) is 30.7 Å². The van der Waals surface area contributed by atoms with Crippen LogP contribution in [0.15, 0.2) is 0 Å². The van der Waals surface area contributed by atoms with Gasteiger partial charge in [0.15, 0.2) is 5.69 Å². The number of carbonyl (C=O) groups excluding carboxylic acids is 1. The van der Waals surface area contributed by atoms with Crippen LogP contribution in [0.4, 0.5) is 0 Å². The van der Waals surface area contributed by atoms with Gasteiger partial charge in [0.1, 0.15) is 5.01 Å². The van der Waals surface area contributed by atoms with E-state index >= 15 is 0 Å². The van der Waals surface area contributed by atoms with Crippen LogP contribution < -0.4 is 10.6 Å². The molecule has 2 N–H and O–H groups in total. The predicted molar refractivity (Wildman–Crippen MR) is 112 cm³/mol. The quantitative estimate of drug-likeness (QED) is 0.771. The monoisotopic (exact) mass is 434 g/mol. The second-order valence-electron chi connectivity index (χ2n) is 7.19. The Bertz CT molecular complexity index is 763. The molecule has 0 aliphatic carbocycles. The van der Waals surface area contributed by atoms with Crippen LogP contribution in [0.2, 0.25) is 0 Å². The molecule has 0 atom stereocenters. The van der Waals surface area contributed by atoms with Gasteiger partial charge in [-0.15, -0.1) is 41.2 Å². The summed E-state index contributed by atoms with van der Waals surface area (Å²) in [6.07, 6.45) is 2.02. The van der Waals surface area contributed by atoms with Crippen LogP contribution >= 0.6 is 36.2 Å². The van der Waals surface area contributed by atoms with Crippen LogP contribution in [0.1, 0.15) is 64.5 Å². The van der Waals surface area contributed by atoms with Gasteiger partial charge in [0, 0.05) is 4.88 Å². The molecular weight excluding hydrogens is 407 g/mol. The minimum atomic E-state index is -0.550. The molecule has 10 heteroatoms. The zero-order chi connectivity index (χ0) is 18.2. The van der Waals surface area contributed by atoms with Crippen LogP contribution in [0.3, 0.4) is 0 Å². The molecule has 152 valence electrons. The normalized spacial score (nSPS) is 15.0. The maximum absolute atomic E-state index is 12.8. The first-order valence-corrected chi connectivity index (χ1v) is 9.51. The summed E-state index contributed by atoms with van der Waals surface area (Å²) in [5.41, 5.74) is 1.69. The third-order valence-electron chi connectivity index (χ3n) is 4.79. The number of aryl methyl sites for hydroxylation is 2. The van der Waals surface area contributed by atoms with Crippen molar-refractivity contribution < 1.29 is 4.79 Å². The molecule has 1 saturated heterocycles. The van der Waals surface area contributed by atoms with E-state index in [2.05, 4.69) is 25.9 Å². The van der Waals surface area contributed by atoms with E-state index in [1.807, 2.05) is 39.3 Å². The molecule has 1 fully saturated rings. The van der Waals surface area contributed by atoms with Gasteiger partial charge in [-0.05, 0) is 60.5 Å². The number of hydrogen-bond acceptors (Lipinski definition) is 6. The fourth-order valence-electron chi connectivity index (χ4n) is 3.09. The first-order chi connectivity index (χ1) is 11.8. The molecule has 1 aliphatic rings. The number of halogens is 2. The highest BCUT2D eigenvalue weighted by Gasteiger charge is 2.30. The minimum absolute atomic E-state index is 0. The molecule has 0 unspecified atom stereocenters. The average molecular weight is 435 g/mol. The van der Waals surface area contributed by atoms with E-state index in [0.717, 1.165) is 42.3 Å². The molecular formula is C17H28Cl2N6OS. The van der Waals surface area contributed by atoms with E-state index in [0.29, 0.717) is 11.7 Å². The Hall–Kier alpha value is -1.22. The lowest BCUT2D eigenvalue weighted by molar-refractivity contribution is 0.0906. The summed E-state index contributed by atoms with van der Waals surface area (Å²) < 4.78 is 1.90. The number of hydrogen-bond donors (Lipinski definition) is 2. The summed E-state index contributed by atoms with van der Waals surface area (Å²) in [5.74, 6) is -0.201. The van der Waals surface area contributed by atoms with Crippen molar-refractivity contribution >= 4 is 42.1 Å². The smallest absolute Gasteiger partial charge is 0.274 e. The molecule has 0 aromatic carbocycles. The van der Waals surface area contributed by atoms with E-state index in [4.69, 9.17) is 0 Å². The topological polar surface area (TPSA) is 84.7 Å². The zero-order valence-electron chi connectivity index (χ0n) is 16.3. The molecule has 3 rings (SSSR count). The van der Waals surface area contributed by atoms with Gasteiger partial charge in [0.25, 0.3) is 5.91 Å². The van der Waals surface area contributed by atoms with E-state index in [1.54, 1.807) is 11.3 Å². The molecule has 1 aliphatic heterocycles. The molecule has 7 nitrogen and oxygen atoms in total. The van der Waals surface area contributed by atoms with Gasteiger partial charge >= 0.3 is 0 Å². The van der Waals surface area contributed by atoms with Crippen LogP contribution in [-0.4, -0.2) is 39.0 Å². The van der Waals surface area contributed by atoms with Gasteiger partial charge < -0.3 is 10.6 Å². The third-order valence-corrected chi connectivity index (χ3v) is 6.18.